The second-order valence-electron chi connectivity index (χ2n) is 5.23. The van der Waals surface area contributed by atoms with E-state index in [9.17, 15) is 20.2 Å². The van der Waals surface area contributed by atoms with Gasteiger partial charge in [0.25, 0.3) is 11.4 Å². The van der Waals surface area contributed by atoms with E-state index in [-0.39, 0.29) is 17.4 Å². The van der Waals surface area contributed by atoms with Gasteiger partial charge in [0.15, 0.2) is 0 Å². The van der Waals surface area contributed by atoms with Crippen molar-refractivity contribution in [2.75, 3.05) is 5.32 Å². The highest BCUT2D eigenvalue weighted by atomic mass is 16.6. The maximum Gasteiger partial charge on any atom is 0.299 e. The van der Waals surface area contributed by atoms with E-state index in [0.29, 0.717) is 11.6 Å². The van der Waals surface area contributed by atoms with Crippen LogP contribution >= 0.6 is 0 Å². The number of hydrogen-bond donors (Lipinski definition) is 1. The molecular formula is C13H17N3O4. The van der Waals surface area contributed by atoms with Crippen molar-refractivity contribution in [3.63, 3.8) is 0 Å². The Kier molecular flexibility index (Phi) is 4.16. The number of rotatable bonds is 4. The average Bonchev–Trinajstić information content (AvgIpc) is 2.41. The van der Waals surface area contributed by atoms with E-state index < -0.39 is 9.85 Å². The zero-order valence-corrected chi connectivity index (χ0v) is 11.2. The van der Waals surface area contributed by atoms with Crippen molar-refractivity contribution in [2.45, 2.75) is 38.6 Å². The predicted octanol–water partition coefficient (Wildman–Crippen LogP) is 3.49. The first kappa shape index (κ1) is 14.2. The van der Waals surface area contributed by atoms with Crippen LogP contribution in [0.2, 0.25) is 0 Å². The van der Waals surface area contributed by atoms with Gasteiger partial charge in [-0.15, -0.1) is 0 Å². The Hall–Kier alpha value is -2.18. The fourth-order valence-corrected chi connectivity index (χ4v) is 2.64. The van der Waals surface area contributed by atoms with Crippen molar-refractivity contribution in [1.29, 1.82) is 0 Å². The van der Waals surface area contributed by atoms with Gasteiger partial charge < -0.3 is 5.32 Å². The highest BCUT2D eigenvalue weighted by molar-refractivity contribution is 5.65. The topological polar surface area (TPSA) is 98.3 Å². The molecule has 1 fully saturated rings. The normalized spacial score (nSPS) is 22.2. The number of nitrogens with one attached hydrogen (secondary N) is 1. The lowest BCUT2D eigenvalue weighted by molar-refractivity contribution is -0.393. The number of hydrogen-bond acceptors (Lipinski definition) is 5. The summed E-state index contributed by atoms with van der Waals surface area (Å²) in [6.07, 6.45) is 4.35. The Morgan fingerprint density at radius 3 is 2.45 bits per heavy atom. The smallest absolute Gasteiger partial charge is 0.299 e. The van der Waals surface area contributed by atoms with Crippen molar-refractivity contribution >= 4 is 17.1 Å². The molecule has 0 radical (unpaired) electrons. The van der Waals surface area contributed by atoms with Crippen molar-refractivity contribution in [3.05, 3.63) is 38.4 Å². The van der Waals surface area contributed by atoms with E-state index in [4.69, 9.17) is 0 Å². The van der Waals surface area contributed by atoms with Crippen molar-refractivity contribution < 1.29 is 9.85 Å². The minimum absolute atomic E-state index is 0.184. The van der Waals surface area contributed by atoms with E-state index in [1.165, 1.54) is 18.6 Å². The molecule has 0 amide bonds. The molecule has 108 valence electrons. The third-order valence-electron chi connectivity index (χ3n) is 3.84. The van der Waals surface area contributed by atoms with Gasteiger partial charge >= 0.3 is 0 Å². The van der Waals surface area contributed by atoms with E-state index in [1.807, 2.05) is 0 Å². The zero-order chi connectivity index (χ0) is 14.7. The molecule has 0 bridgehead atoms. The number of anilines is 1. The second kappa shape index (κ2) is 5.85. The van der Waals surface area contributed by atoms with Crippen molar-refractivity contribution in [1.82, 2.24) is 0 Å². The lowest BCUT2D eigenvalue weighted by Crippen LogP contribution is -2.30. The lowest BCUT2D eigenvalue weighted by atomic mass is 9.86. The molecule has 0 unspecified atom stereocenters. The molecule has 0 saturated heterocycles. The van der Waals surface area contributed by atoms with Gasteiger partial charge in [0.05, 0.1) is 15.9 Å². The van der Waals surface area contributed by atoms with Gasteiger partial charge in [-0.25, -0.2) is 0 Å². The minimum atomic E-state index is -0.625. The van der Waals surface area contributed by atoms with Crippen LogP contribution in [0.1, 0.15) is 32.6 Å². The Bertz CT molecular complexity index is 532. The molecule has 7 nitrogen and oxygen atoms in total. The summed E-state index contributed by atoms with van der Waals surface area (Å²) in [4.78, 5) is 20.5. The van der Waals surface area contributed by atoms with Crippen molar-refractivity contribution in [3.8, 4) is 0 Å². The molecule has 20 heavy (non-hydrogen) atoms. The molecule has 7 heteroatoms. The highest BCUT2D eigenvalue weighted by Gasteiger charge is 2.25. The maximum absolute atomic E-state index is 11.1. The first-order valence-corrected chi connectivity index (χ1v) is 6.68. The summed E-state index contributed by atoms with van der Waals surface area (Å²) in [5, 5.41) is 24.9. The molecular weight excluding hydrogens is 262 g/mol. The maximum atomic E-state index is 11.1. The molecule has 1 N–H and O–H groups in total. The van der Waals surface area contributed by atoms with E-state index >= 15 is 0 Å². The molecule has 1 aliphatic carbocycles. The van der Waals surface area contributed by atoms with Crippen LogP contribution in [-0.2, 0) is 0 Å². The Morgan fingerprint density at radius 2 is 1.85 bits per heavy atom. The summed E-state index contributed by atoms with van der Waals surface area (Å²) in [6.45, 7) is 2.12. The van der Waals surface area contributed by atoms with Gasteiger partial charge in [0, 0.05) is 12.1 Å². The summed E-state index contributed by atoms with van der Waals surface area (Å²) >= 11 is 0. The first-order valence-electron chi connectivity index (χ1n) is 6.68. The van der Waals surface area contributed by atoms with Gasteiger partial charge in [0.1, 0.15) is 5.69 Å². The lowest BCUT2D eigenvalue weighted by Gasteiger charge is -2.30. The van der Waals surface area contributed by atoms with Gasteiger partial charge in [-0.3, -0.25) is 20.2 Å². The monoisotopic (exact) mass is 279 g/mol. The molecule has 1 aliphatic rings. The molecule has 2 rings (SSSR count). The molecule has 1 aromatic carbocycles. The quantitative estimate of drug-likeness (QED) is 0.671. The molecule has 0 heterocycles. The van der Waals surface area contributed by atoms with Crippen LogP contribution in [0.4, 0.5) is 17.1 Å². The van der Waals surface area contributed by atoms with E-state index in [2.05, 4.69) is 12.2 Å². The van der Waals surface area contributed by atoms with Gasteiger partial charge in [-0.1, -0.05) is 19.8 Å². The number of nitrogens with zero attached hydrogens (tertiary/aromatic N) is 2. The van der Waals surface area contributed by atoms with Crippen LogP contribution in [0.3, 0.4) is 0 Å². The number of non-ortho nitro benzene ring substituents is 1. The average molecular weight is 279 g/mol. The van der Waals surface area contributed by atoms with Crippen LogP contribution in [0, 0.1) is 26.1 Å². The van der Waals surface area contributed by atoms with E-state index in [0.717, 1.165) is 25.3 Å². The van der Waals surface area contributed by atoms with Crippen LogP contribution in [0.25, 0.3) is 0 Å². The summed E-state index contributed by atoms with van der Waals surface area (Å²) in [5.74, 6) is 0.443. The molecule has 0 aromatic heterocycles. The summed E-state index contributed by atoms with van der Waals surface area (Å²) in [6, 6.07) is 3.92. The number of benzene rings is 1. The van der Waals surface area contributed by atoms with Crippen molar-refractivity contribution in [2.24, 2.45) is 5.92 Å². The van der Waals surface area contributed by atoms with E-state index in [1.54, 1.807) is 0 Å². The first-order chi connectivity index (χ1) is 9.49. The number of nitro benzene ring substituents is 2. The Balaban J connectivity index is 2.26. The SMILES string of the molecule is C[C@@H]1CCCC[C@@H]1Nc1ccc([N+](=O)[O-])cc1[N+](=O)[O-]. The highest BCUT2D eigenvalue weighted by Crippen LogP contribution is 2.33. The van der Waals surface area contributed by atoms with Crippen LogP contribution in [0.15, 0.2) is 18.2 Å². The van der Waals surface area contributed by atoms with Gasteiger partial charge in [0.2, 0.25) is 0 Å². The number of nitro groups is 2. The third kappa shape index (κ3) is 3.04. The summed E-state index contributed by atoms with van der Waals surface area (Å²) < 4.78 is 0. The second-order valence-corrected chi connectivity index (χ2v) is 5.23. The standard InChI is InChI=1S/C13H17N3O4/c1-9-4-2-3-5-11(9)14-12-7-6-10(15(17)18)8-13(12)16(19)20/h6-9,11,14H,2-5H2,1H3/t9-,11+/m1/s1. The van der Waals surface area contributed by atoms with Gasteiger partial charge in [-0.2, -0.15) is 0 Å². The van der Waals surface area contributed by atoms with Gasteiger partial charge in [-0.05, 0) is 24.8 Å². The fourth-order valence-electron chi connectivity index (χ4n) is 2.64. The summed E-state index contributed by atoms with van der Waals surface area (Å²) in [5.41, 5.74) is -0.143. The predicted molar refractivity (Wildman–Crippen MR) is 74.8 cm³/mol. The third-order valence-corrected chi connectivity index (χ3v) is 3.84. The Morgan fingerprint density at radius 1 is 1.15 bits per heavy atom. The fraction of sp³-hybridized carbons (Fsp3) is 0.538. The minimum Gasteiger partial charge on any atom is -0.376 e. The summed E-state index contributed by atoms with van der Waals surface area (Å²) in [7, 11) is 0. The van der Waals surface area contributed by atoms with Crippen LogP contribution in [-0.4, -0.2) is 15.9 Å². The molecule has 1 aromatic rings. The molecule has 0 spiro atoms. The van der Waals surface area contributed by atoms with Crippen LogP contribution in [0.5, 0.6) is 0 Å². The molecule has 2 atom stereocenters. The van der Waals surface area contributed by atoms with Crippen LogP contribution < -0.4 is 5.32 Å². The zero-order valence-electron chi connectivity index (χ0n) is 11.2. The molecule has 1 saturated carbocycles. The largest absolute Gasteiger partial charge is 0.376 e. The Labute approximate surface area is 116 Å². The molecule has 0 aliphatic heterocycles.